The monoisotopic (exact) mass is 270 g/mol. The van der Waals surface area contributed by atoms with E-state index in [0.29, 0.717) is 6.54 Å². The number of carbonyl (C=O) groups excluding carboxylic acids is 1. The molecule has 0 aromatic carbocycles. The Morgan fingerprint density at radius 1 is 1.33 bits per heavy atom. The number of alkyl carbamates (subject to hydrolysis) is 1. The lowest BCUT2D eigenvalue weighted by molar-refractivity contribution is 0.0524. The number of carbonyl (C=O) groups is 1. The molecule has 0 spiro atoms. The number of rotatable bonds is 2. The van der Waals surface area contributed by atoms with Crippen molar-refractivity contribution in [3.8, 4) is 0 Å². The summed E-state index contributed by atoms with van der Waals surface area (Å²) in [5, 5.41) is 3.80. The van der Waals surface area contributed by atoms with E-state index < -0.39 is 11.7 Å². The minimum absolute atomic E-state index is 0.0504. The molecule has 0 saturated carbocycles. The number of amides is 1. The normalized spacial score (nSPS) is 12.3. The fraction of sp³-hybridized carbons (Fsp3) is 0.692. The highest BCUT2D eigenvalue weighted by atomic mass is 32.1. The molecule has 0 bridgehead atoms. The highest BCUT2D eigenvalue weighted by Crippen LogP contribution is 2.26. The van der Waals surface area contributed by atoms with Gasteiger partial charge in [0.15, 0.2) is 0 Å². The van der Waals surface area contributed by atoms with E-state index in [0.717, 1.165) is 9.88 Å². The first-order chi connectivity index (χ1) is 8.08. The van der Waals surface area contributed by atoms with Gasteiger partial charge in [-0.25, -0.2) is 9.78 Å². The van der Waals surface area contributed by atoms with Crippen molar-refractivity contribution >= 4 is 17.4 Å². The van der Waals surface area contributed by atoms with Crippen molar-refractivity contribution in [2.75, 3.05) is 0 Å². The molecule has 0 fully saturated rings. The van der Waals surface area contributed by atoms with Crippen LogP contribution in [0.3, 0.4) is 0 Å². The lowest BCUT2D eigenvalue weighted by atomic mass is 9.98. The Balaban J connectivity index is 2.50. The summed E-state index contributed by atoms with van der Waals surface area (Å²) in [7, 11) is 0. The molecule has 0 aliphatic rings. The van der Waals surface area contributed by atoms with E-state index in [2.05, 4.69) is 31.1 Å². The van der Waals surface area contributed by atoms with E-state index >= 15 is 0 Å². The molecule has 0 radical (unpaired) electrons. The fourth-order valence-corrected chi connectivity index (χ4v) is 2.12. The van der Waals surface area contributed by atoms with Crippen molar-refractivity contribution in [3.63, 3.8) is 0 Å². The molecule has 1 aromatic rings. The SMILES string of the molecule is CC(C)(C)OC(=O)NCc1cnc(C(C)(C)C)s1. The Labute approximate surface area is 113 Å². The molecule has 4 nitrogen and oxygen atoms in total. The molecule has 0 aliphatic heterocycles. The molecule has 0 unspecified atom stereocenters. The van der Waals surface area contributed by atoms with Crippen LogP contribution in [0.15, 0.2) is 6.20 Å². The first-order valence-corrected chi connectivity index (χ1v) is 6.81. The van der Waals surface area contributed by atoms with E-state index in [-0.39, 0.29) is 5.41 Å². The Morgan fingerprint density at radius 3 is 2.39 bits per heavy atom. The van der Waals surface area contributed by atoms with Crippen LogP contribution in [0.4, 0.5) is 4.79 Å². The van der Waals surface area contributed by atoms with Gasteiger partial charge in [-0.1, -0.05) is 20.8 Å². The largest absolute Gasteiger partial charge is 0.444 e. The smallest absolute Gasteiger partial charge is 0.407 e. The van der Waals surface area contributed by atoms with Crippen LogP contribution in [0.25, 0.3) is 0 Å². The number of hydrogen-bond donors (Lipinski definition) is 1. The second kappa shape index (κ2) is 5.26. The summed E-state index contributed by atoms with van der Waals surface area (Å²) in [6, 6.07) is 0. The Hall–Kier alpha value is -1.10. The third kappa shape index (κ3) is 5.04. The van der Waals surface area contributed by atoms with Crippen molar-refractivity contribution in [3.05, 3.63) is 16.1 Å². The van der Waals surface area contributed by atoms with Crippen LogP contribution in [0.1, 0.15) is 51.4 Å². The molecule has 102 valence electrons. The number of nitrogens with one attached hydrogen (secondary N) is 1. The molecular weight excluding hydrogens is 248 g/mol. The minimum Gasteiger partial charge on any atom is -0.444 e. The van der Waals surface area contributed by atoms with E-state index in [1.807, 2.05) is 27.0 Å². The van der Waals surface area contributed by atoms with Gasteiger partial charge >= 0.3 is 6.09 Å². The molecule has 18 heavy (non-hydrogen) atoms. The van der Waals surface area contributed by atoms with Gasteiger partial charge in [0.1, 0.15) is 5.60 Å². The van der Waals surface area contributed by atoms with Crippen molar-refractivity contribution in [1.82, 2.24) is 10.3 Å². The molecule has 5 heteroatoms. The first kappa shape index (κ1) is 15.0. The van der Waals surface area contributed by atoms with E-state index in [1.54, 1.807) is 11.3 Å². The zero-order valence-electron chi connectivity index (χ0n) is 12.0. The van der Waals surface area contributed by atoms with Gasteiger partial charge in [0.05, 0.1) is 11.6 Å². The third-order valence-electron chi connectivity index (χ3n) is 2.00. The first-order valence-electron chi connectivity index (χ1n) is 6.00. The van der Waals surface area contributed by atoms with Crippen LogP contribution in [-0.2, 0) is 16.7 Å². The highest BCUT2D eigenvalue weighted by molar-refractivity contribution is 7.11. The van der Waals surface area contributed by atoms with Gasteiger partial charge in [0, 0.05) is 16.5 Å². The maximum Gasteiger partial charge on any atom is 0.407 e. The summed E-state index contributed by atoms with van der Waals surface area (Å²) in [6.45, 7) is 12.4. The van der Waals surface area contributed by atoms with Gasteiger partial charge in [-0.3, -0.25) is 0 Å². The summed E-state index contributed by atoms with van der Waals surface area (Å²) in [5.41, 5.74) is -0.414. The lowest BCUT2D eigenvalue weighted by Gasteiger charge is -2.19. The Kier molecular flexibility index (Phi) is 4.37. The fourth-order valence-electron chi connectivity index (χ4n) is 1.21. The quantitative estimate of drug-likeness (QED) is 0.895. The zero-order chi connectivity index (χ0) is 14.0. The van der Waals surface area contributed by atoms with Crippen molar-refractivity contribution < 1.29 is 9.53 Å². The lowest BCUT2D eigenvalue weighted by Crippen LogP contribution is -2.31. The van der Waals surface area contributed by atoms with E-state index in [1.165, 1.54) is 0 Å². The van der Waals surface area contributed by atoms with Crippen LogP contribution < -0.4 is 5.32 Å². The molecular formula is C13H22N2O2S. The number of thiazole rings is 1. The molecule has 1 rings (SSSR count). The van der Waals surface area contributed by atoms with Gasteiger partial charge < -0.3 is 10.1 Å². The van der Waals surface area contributed by atoms with Gasteiger partial charge in [-0.2, -0.15) is 0 Å². The summed E-state index contributed by atoms with van der Waals surface area (Å²) in [6.07, 6.45) is 1.41. The Bertz CT molecular complexity index is 413. The topological polar surface area (TPSA) is 51.2 Å². The van der Waals surface area contributed by atoms with Gasteiger partial charge in [-0.15, -0.1) is 11.3 Å². The minimum atomic E-state index is -0.464. The van der Waals surface area contributed by atoms with Gasteiger partial charge in [0.2, 0.25) is 0 Å². The molecule has 1 aromatic heterocycles. The maximum absolute atomic E-state index is 11.5. The number of ether oxygens (including phenoxy) is 1. The summed E-state index contributed by atoms with van der Waals surface area (Å²) < 4.78 is 5.17. The molecule has 1 amide bonds. The van der Waals surface area contributed by atoms with Crippen LogP contribution >= 0.6 is 11.3 Å². The number of aromatic nitrogens is 1. The highest BCUT2D eigenvalue weighted by Gasteiger charge is 2.19. The van der Waals surface area contributed by atoms with Gasteiger partial charge in [-0.05, 0) is 20.8 Å². The molecule has 1 heterocycles. The average Bonchev–Trinajstić information content (AvgIpc) is 2.59. The summed E-state index contributed by atoms with van der Waals surface area (Å²) >= 11 is 1.62. The van der Waals surface area contributed by atoms with Crippen molar-refractivity contribution in [2.24, 2.45) is 0 Å². The number of nitrogens with zero attached hydrogens (tertiary/aromatic N) is 1. The zero-order valence-corrected chi connectivity index (χ0v) is 12.8. The summed E-state index contributed by atoms with van der Waals surface area (Å²) in [5.74, 6) is 0. The molecule has 0 atom stereocenters. The van der Waals surface area contributed by atoms with Crippen molar-refractivity contribution in [1.29, 1.82) is 0 Å². The average molecular weight is 270 g/mol. The summed E-state index contributed by atoms with van der Waals surface area (Å²) in [4.78, 5) is 16.9. The third-order valence-corrected chi connectivity index (χ3v) is 3.42. The van der Waals surface area contributed by atoms with Gasteiger partial charge in [0.25, 0.3) is 0 Å². The second-order valence-corrected chi connectivity index (χ2v) is 7.35. The predicted octanol–water partition coefficient (Wildman–Crippen LogP) is 3.47. The maximum atomic E-state index is 11.5. The van der Waals surface area contributed by atoms with Crippen LogP contribution in [-0.4, -0.2) is 16.7 Å². The van der Waals surface area contributed by atoms with Crippen LogP contribution in [0.5, 0.6) is 0 Å². The van der Waals surface area contributed by atoms with Crippen molar-refractivity contribution in [2.45, 2.75) is 59.1 Å². The second-order valence-electron chi connectivity index (χ2n) is 6.24. The van der Waals surface area contributed by atoms with E-state index in [4.69, 9.17) is 4.74 Å². The molecule has 1 N–H and O–H groups in total. The van der Waals surface area contributed by atoms with Crippen LogP contribution in [0, 0.1) is 0 Å². The standard InChI is InChI=1S/C13H22N2O2S/c1-12(2,3)10-14-7-9(18-10)8-15-11(16)17-13(4,5)6/h7H,8H2,1-6H3,(H,15,16). The Morgan fingerprint density at radius 2 is 1.94 bits per heavy atom. The molecule has 0 aliphatic carbocycles. The number of hydrogen-bond acceptors (Lipinski definition) is 4. The molecule has 0 saturated heterocycles. The van der Waals surface area contributed by atoms with E-state index in [9.17, 15) is 4.79 Å². The predicted molar refractivity (Wildman–Crippen MR) is 73.9 cm³/mol. The van der Waals surface area contributed by atoms with Crippen LogP contribution in [0.2, 0.25) is 0 Å².